The normalized spacial score (nSPS) is 10.1. The van der Waals surface area contributed by atoms with Gasteiger partial charge in [-0.3, -0.25) is 14.7 Å². The van der Waals surface area contributed by atoms with Crippen molar-refractivity contribution < 1.29 is 9.59 Å². The van der Waals surface area contributed by atoms with E-state index in [1.165, 1.54) is 11.8 Å². The molecule has 0 radical (unpaired) electrons. The van der Waals surface area contributed by atoms with Gasteiger partial charge in [-0.1, -0.05) is 30.0 Å². The van der Waals surface area contributed by atoms with Crippen molar-refractivity contribution in [2.24, 2.45) is 5.73 Å². The lowest BCUT2D eigenvalue weighted by Gasteiger charge is -2.05. The van der Waals surface area contributed by atoms with E-state index >= 15 is 0 Å². The highest BCUT2D eigenvalue weighted by molar-refractivity contribution is 7.99. The Labute approximate surface area is 113 Å². The SMILES string of the molecule is NC(=O)NC(=O)CSc1nncn1-c1ccccc1. The van der Waals surface area contributed by atoms with Crippen LogP contribution in [0.3, 0.4) is 0 Å². The standard InChI is InChI=1S/C11H11N5O2S/c12-10(18)14-9(17)6-19-11-15-13-7-16(11)8-4-2-1-3-5-8/h1-5,7H,6H2,(H3,12,14,17,18). The van der Waals surface area contributed by atoms with E-state index in [9.17, 15) is 9.59 Å². The molecule has 0 saturated carbocycles. The summed E-state index contributed by atoms with van der Waals surface area (Å²) in [6.45, 7) is 0. The molecule has 0 aliphatic rings. The smallest absolute Gasteiger partial charge is 0.318 e. The van der Waals surface area contributed by atoms with Crippen molar-refractivity contribution in [1.29, 1.82) is 0 Å². The molecule has 3 amide bonds. The first-order chi connectivity index (χ1) is 9.16. The van der Waals surface area contributed by atoms with E-state index in [1.807, 2.05) is 35.6 Å². The minimum Gasteiger partial charge on any atom is -0.351 e. The summed E-state index contributed by atoms with van der Waals surface area (Å²) in [7, 11) is 0. The second kappa shape index (κ2) is 6.01. The minimum atomic E-state index is -0.866. The fourth-order valence-electron chi connectivity index (χ4n) is 1.39. The second-order valence-electron chi connectivity index (χ2n) is 3.52. The number of nitrogens with zero attached hydrogens (tertiary/aromatic N) is 3. The molecule has 0 fully saturated rings. The van der Waals surface area contributed by atoms with Crippen molar-refractivity contribution in [2.75, 3.05) is 5.75 Å². The van der Waals surface area contributed by atoms with Gasteiger partial charge in [0.25, 0.3) is 0 Å². The average molecular weight is 277 g/mol. The van der Waals surface area contributed by atoms with Crippen molar-refractivity contribution in [3.63, 3.8) is 0 Å². The summed E-state index contributed by atoms with van der Waals surface area (Å²) in [5, 5.41) is 10.3. The van der Waals surface area contributed by atoms with Crippen LogP contribution < -0.4 is 11.1 Å². The van der Waals surface area contributed by atoms with Crippen LogP contribution in [-0.2, 0) is 4.79 Å². The van der Waals surface area contributed by atoms with Crippen molar-refractivity contribution in [2.45, 2.75) is 5.16 Å². The van der Waals surface area contributed by atoms with Gasteiger partial charge in [-0.05, 0) is 12.1 Å². The molecule has 0 bridgehead atoms. The Morgan fingerprint density at radius 2 is 2.05 bits per heavy atom. The summed E-state index contributed by atoms with van der Waals surface area (Å²) < 4.78 is 1.75. The average Bonchev–Trinajstić information content (AvgIpc) is 2.85. The van der Waals surface area contributed by atoms with Crippen LogP contribution in [0.4, 0.5) is 4.79 Å². The number of carbonyl (C=O) groups is 2. The molecule has 1 heterocycles. The second-order valence-corrected chi connectivity index (χ2v) is 4.46. The molecule has 0 atom stereocenters. The molecule has 7 nitrogen and oxygen atoms in total. The van der Waals surface area contributed by atoms with E-state index in [2.05, 4.69) is 10.2 Å². The Morgan fingerprint density at radius 3 is 2.74 bits per heavy atom. The predicted octanol–water partition coefficient (Wildman–Crippen LogP) is 0.554. The molecule has 3 N–H and O–H groups in total. The zero-order chi connectivity index (χ0) is 13.7. The number of para-hydroxylation sites is 1. The molecule has 8 heteroatoms. The van der Waals surface area contributed by atoms with Crippen LogP contribution in [0.5, 0.6) is 0 Å². The molecular weight excluding hydrogens is 266 g/mol. The summed E-state index contributed by atoms with van der Waals surface area (Å²) in [5.41, 5.74) is 5.74. The lowest BCUT2D eigenvalue weighted by atomic mass is 10.3. The number of carbonyl (C=O) groups excluding carboxylic acids is 2. The Hall–Kier alpha value is -2.35. The number of hydrogen-bond acceptors (Lipinski definition) is 5. The zero-order valence-corrected chi connectivity index (χ0v) is 10.6. The molecule has 1 aromatic heterocycles. The van der Waals surface area contributed by atoms with Crippen LogP contribution in [0.15, 0.2) is 41.8 Å². The van der Waals surface area contributed by atoms with Gasteiger partial charge in [-0.15, -0.1) is 10.2 Å². The maximum Gasteiger partial charge on any atom is 0.318 e. The Morgan fingerprint density at radius 1 is 1.32 bits per heavy atom. The topological polar surface area (TPSA) is 103 Å². The van der Waals surface area contributed by atoms with Gasteiger partial charge in [-0.2, -0.15) is 0 Å². The molecular formula is C11H11N5O2S. The van der Waals surface area contributed by atoms with Gasteiger partial charge in [0.15, 0.2) is 5.16 Å². The van der Waals surface area contributed by atoms with E-state index in [0.717, 1.165) is 5.69 Å². The van der Waals surface area contributed by atoms with Gasteiger partial charge >= 0.3 is 6.03 Å². The summed E-state index contributed by atoms with van der Waals surface area (Å²) in [6.07, 6.45) is 1.56. The number of thioether (sulfide) groups is 1. The number of benzene rings is 1. The van der Waals surface area contributed by atoms with E-state index in [1.54, 1.807) is 10.9 Å². The van der Waals surface area contributed by atoms with Crippen molar-refractivity contribution in [1.82, 2.24) is 20.1 Å². The number of nitrogens with one attached hydrogen (secondary N) is 1. The Kier molecular flexibility index (Phi) is 4.14. The number of nitrogens with two attached hydrogens (primary N) is 1. The van der Waals surface area contributed by atoms with Gasteiger partial charge < -0.3 is 5.73 Å². The molecule has 2 aromatic rings. The fraction of sp³-hybridized carbons (Fsp3) is 0.0909. The third-order valence-corrected chi connectivity index (χ3v) is 3.09. The number of hydrogen-bond donors (Lipinski definition) is 2. The molecule has 0 spiro atoms. The number of imide groups is 1. The summed E-state index contributed by atoms with van der Waals surface area (Å²) in [6, 6.07) is 8.62. The number of primary amides is 1. The quantitative estimate of drug-likeness (QED) is 0.795. The van der Waals surface area contributed by atoms with Crippen LogP contribution >= 0.6 is 11.8 Å². The minimum absolute atomic E-state index is 0.0362. The Bertz CT molecular complexity index is 584. The maximum atomic E-state index is 11.3. The van der Waals surface area contributed by atoms with Gasteiger partial charge in [0.1, 0.15) is 6.33 Å². The van der Waals surface area contributed by atoms with Crippen LogP contribution in [0.25, 0.3) is 5.69 Å². The maximum absolute atomic E-state index is 11.3. The Balaban J connectivity index is 2.05. The number of aromatic nitrogens is 3. The number of urea groups is 1. The lowest BCUT2D eigenvalue weighted by Crippen LogP contribution is -2.36. The van der Waals surface area contributed by atoms with Gasteiger partial charge in [0.2, 0.25) is 5.91 Å². The highest BCUT2D eigenvalue weighted by Gasteiger charge is 2.10. The van der Waals surface area contributed by atoms with Gasteiger partial charge in [0, 0.05) is 5.69 Å². The monoisotopic (exact) mass is 277 g/mol. The lowest BCUT2D eigenvalue weighted by molar-refractivity contribution is -0.117. The van der Waals surface area contributed by atoms with Crippen LogP contribution in [0.2, 0.25) is 0 Å². The van der Waals surface area contributed by atoms with Crippen molar-refractivity contribution in [3.05, 3.63) is 36.7 Å². The van der Waals surface area contributed by atoms with E-state index in [-0.39, 0.29) is 5.75 Å². The highest BCUT2D eigenvalue weighted by Crippen LogP contribution is 2.18. The highest BCUT2D eigenvalue weighted by atomic mass is 32.2. The first-order valence-corrected chi connectivity index (χ1v) is 6.33. The number of rotatable bonds is 4. The first-order valence-electron chi connectivity index (χ1n) is 5.34. The molecule has 0 saturated heterocycles. The molecule has 0 aliphatic carbocycles. The van der Waals surface area contributed by atoms with Crippen LogP contribution in [0.1, 0.15) is 0 Å². The van der Waals surface area contributed by atoms with Crippen molar-refractivity contribution >= 4 is 23.7 Å². The van der Waals surface area contributed by atoms with Crippen molar-refractivity contribution in [3.8, 4) is 5.69 Å². The van der Waals surface area contributed by atoms with E-state index < -0.39 is 11.9 Å². The van der Waals surface area contributed by atoms with E-state index in [0.29, 0.717) is 5.16 Å². The van der Waals surface area contributed by atoms with Gasteiger partial charge in [-0.25, -0.2) is 4.79 Å². The third kappa shape index (κ3) is 3.55. The van der Waals surface area contributed by atoms with Crippen LogP contribution in [0, 0.1) is 0 Å². The molecule has 19 heavy (non-hydrogen) atoms. The molecule has 2 rings (SSSR count). The zero-order valence-electron chi connectivity index (χ0n) is 9.81. The van der Waals surface area contributed by atoms with E-state index in [4.69, 9.17) is 5.73 Å². The molecule has 0 unspecified atom stereocenters. The molecule has 98 valence electrons. The predicted molar refractivity (Wildman–Crippen MR) is 69.8 cm³/mol. The summed E-state index contributed by atoms with van der Waals surface area (Å²) in [5.74, 6) is -0.436. The first kappa shape index (κ1) is 13.1. The largest absolute Gasteiger partial charge is 0.351 e. The third-order valence-electron chi connectivity index (χ3n) is 2.15. The summed E-state index contributed by atoms with van der Waals surface area (Å²) in [4.78, 5) is 21.8. The van der Waals surface area contributed by atoms with Crippen LogP contribution in [-0.4, -0.2) is 32.5 Å². The van der Waals surface area contributed by atoms with Gasteiger partial charge in [0.05, 0.1) is 5.75 Å². The fourth-order valence-corrected chi connectivity index (χ4v) is 2.12. The molecule has 1 aromatic carbocycles. The molecule has 0 aliphatic heterocycles. The summed E-state index contributed by atoms with van der Waals surface area (Å²) >= 11 is 1.17. The number of amides is 3.